The summed E-state index contributed by atoms with van der Waals surface area (Å²) in [5.41, 5.74) is 0.548. The minimum absolute atomic E-state index is 0.0501. The molecule has 0 saturated heterocycles. The van der Waals surface area contributed by atoms with Gasteiger partial charge in [-0.3, -0.25) is 14.9 Å². The maximum absolute atomic E-state index is 13.0. The van der Waals surface area contributed by atoms with Gasteiger partial charge in [-0.1, -0.05) is 23.5 Å². The number of hydrogen-bond acceptors (Lipinski definition) is 6. The number of carbonyl (C=O) groups excluding carboxylic acids is 1. The third kappa shape index (κ3) is 2.90. The molecule has 0 unspecified atom stereocenters. The first-order valence-corrected chi connectivity index (χ1v) is 7.32. The smallest absolute Gasteiger partial charge is 0.324 e. The lowest BCUT2D eigenvalue weighted by Gasteiger charge is -2.19. The van der Waals surface area contributed by atoms with Crippen molar-refractivity contribution in [3.8, 4) is 0 Å². The minimum atomic E-state index is -0.829. The van der Waals surface area contributed by atoms with Crippen LogP contribution in [0.1, 0.15) is 23.6 Å². The molecule has 0 fully saturated rings. The van der Waals surface area contributed by atoms with Crippen molar-refractivity contribution in [1.29, 1.82) is 0 Å². The predicted molar refractivity (Wildman–Crippen MR) is 80.3 cm³/mol. The van der Waals surface area contributed by atoms with E-state index in [1.807, 2.05) is 0 Å². The Morgan fingerprint density at radius 3 is 2.61 bits per heavy atom. The number of benzene rings is 1. The van der Waals surface area contributed by atoms with E-state index < -0.39 is 17.0 Å². The number of nitrogens with zero attached hydrogens (tertiary/aromatic N) is 3. The maximum Gasteiger partial charge on any atom is 0.324 e. The van der Waals surface area contributed by atoms with E-state index in [1.54, 1.807) is 0 Å². The molecule has 7 nitrogen and oxygen atoms in total. The lowest BCUT2D eigenvalue weighted by atomic mass is 10.2. The van der Waals surface area contributed by atoms with Gasteiger partial charge in [0.15, 0.2) is 0 Å². The SMILES string of the molecule is CC(=O)N1N=C(c2ccc([N+](=O)[O-])s2)O[C@H]1c1ccc(F)cc1. The second-order valence-electron chi connectivity index (χ2n) is 4.69. The van der Waals surface area contributed by atoms with E-state index in [1.165, 1.54) is 43.3 Å². The molecule has 23 heavy (non-hydrogen) atoms. The number of ether oxygens (including phenoxy) is 1. The zero-order valence-electron chi connectivity index (χ0n) is 11.8. The standard InChI is InChI=1S/C14H10FN3O4S/c1-8(19)17-14(9-2-4-10(15)5-3-9)22-13(16-17)11-6-7-12(23-11)18(20)21/h2-7,14H,1H3/t14-/m0/s1. The van der Waals surface area contributed by atoms with Crippen LogP contribution in [0.25, 0.3) is 0 Å². The van der Waals surface area contributed by atoms with Gasteiger partial charge in [-0.05, 0) is 18.2 Å². The van der Waals surface area contributed by atoms with E-state index in [0.717, 1.165) is 16.3 Å². The van der Waals surface area contributed by atoms with Crippen LogP contribution in [0, 0.1) is 15.9 Å². The van der Waals surface area contributed by atoms with E-state index >= 15 is 0 Å². The fourth-order valence-electron chi connectivity index (χ4n) is 2.05. The Morgan fingerprint density at radius 1 is 1.35 bits per heavy atom. The number of amides is 1. The van der Waals surface area contributed by atoms with Crippen LogP contribution in [0.4, 0.5) is 9.39 Å². The number of thiophene rings is 1. The highest BCUT2D eigenvalue weighted by Gasteiger charge is 2.34. The van der Waals surface area contributed by atoms with Crippen LogP contribution in [0.2, 0.25) is 0 Å². The molecular weight excluding hydrogens is 325 g/mol. The Kier molecular flexibility index (Phi) is 3.78. The van der Waals surface area contributed by atoms with Gasteiger partial charge >= 0.3 is 5.00 Å². The summed E-state index contributed by atoms with van der Waals surface area (Å²) in [7, 11) is 0. The Bertz CT molecular complexity index is 803. The first-order chi connectivity index (χ1) is 11.0. The van der Waals surface area contributed by atoms with Gasteiger partial charge in [0.05, 0.1) is 9.80 Å². The molecule has 1 aromatic heterocycles. The summed E-state index contributed by atoms with van der Waals surface area (Å²) in [6.07, 6.45) is -0.829. The van der Waals surface area contributed by atoms with E-state index in [2.05, 4.69) is 5.10 Å². The third-order valence-corrected chi connectivity index (χ3v) is 4.13. The van der Waals surface area contributed by atoms with Crippen LogP contribution in [-0.4, -0.2) is 21.7 Å². The van der Waals surface area contributed by atoms with Gasteiger partial charge in [-0.15, -0.1) is 5.10 Å². The average molecular weight is 335 g/mol. The fraction of sp³-hybridized carbons (Fsp3) is 0.143. The summed E-state index contributed by atoms with van der Waals surface area (Å²) in [5.74, 6) is -0.649. The van der Waals surface area contributed by atoms with Crippen LogP contribution in [0.5, 0.6) is 0 Å². The molecule has 2 aromatic rings. The van der Waals surface area contributed by atoms with Crippen LogP contribution < -0.4 is 0 Å². The number of hydrazone groups is 1. The van der Waals surface area contributed by atoms with Crippen molar-refractivity contribution in [3.05, 3.63) is 62.8 Å². The number of nitro groups is 1. The van der Waals surface area contributed by atoms with Gasteiger partial charge in [0.25, 0.3) is 5.90 Å². The van der Waals surface area contributed by atoms with Gasteiger partial charge in [-0.25, -0.2) is 4.39 Å². The molecule has 0 saturated carbocycles. The second-order valence-corrected chi connectivity index (χ2v) is 5.75. The highest BCUT2D eigenvalue weighted by Crippen LogP contribution is 2.33. The van der Waals surface area contributed by atoms with Crippen molar-refractivity contribution < 1.29 is 18.8 Å². The summed E-state index contributed by atoms with van der Waals surface area (Å²) in [4.78, 5) is 22.4. The van der Waals surface area contributed by atoms with Gasteiger partial charge in [0.2, 0.25) is 12.1 Å². The third-order valence-electron chi connectivity index (χ3n) is 3.10. The minimum Gasteiger partial charge on any atom is -0.445 e. The highest BCUT2D eigenvalue weighted by atomic mass is 32.1. The van der Waals surface area contributed by atoms with E-state index in [9.17, 15) is 19.3 Å². The van der Waals surface area contributed by atoms with Crippen molar-refractivity contribution >= 4 is 28.1 Å². The van der Waals surface area contributed by atoms with E-state index in [0.29, 0.717) is 10.4 Å². The second kappa shape index (κ2) is 5.76. The summed E-state index contributed by atoms with van der Waals surface area (Å²) in [5, 5.41) is 15.9. The molecule has 1 amide bonds. The van der Waals surface area contributed by atoms with Crippen molar-refractivity contribution in [1.82, 2.24) is 5.01 Å². The Hall–Kier alpha value is -2.81. The Labute approximate surface area is 133 Å². The lowest BCUT2D eigenvalue weighted by molar-refractivity contribution is -0.380. The molecule has 118 valence electrons. The molecular formula is C14H10FN3O4S. The van der Waals surface area contributed by atoms with E-state index in [4.69, 9.17) is 4.74 Å². The molecule has 9 heteroatoms. The molecule has 0 N–H and O–H groups in total. The van der Waals surface area contributed by atoms with Gasteiger partial charge in [0, 0.05) is 18.6 Å². The molecule has 1 aliphatic rings. The average Bonchev–Trinajstić information content (AvgIpc) is 3.15. The fourth-order valence-corrected chi connectivity index (χ4v) is 2.80. The van der Waals surface area contributed by atoms with E-state index in [-0.39, 0.29) is 16.8 Å². The van der Waals surface area contributed by atoms with Gasteiger partial charge in [0.1, 0.15) is 5.82 Å². The summed E-state index contributed by atoms with van der Waals surface area (Å²) < 4.78 is 18.7. The first kappa shape index (κ1) is 15.1. The molecule has 0 bridgehead atoms. The largest absolute Gasteiger partial charge is 0.445 e. The monoisotopic (exact) mass is 335 g/mol. The summed E-state index contributed by atoms with van der Waals surface area (Å²) >= 11 is 0.899. The van der Waals surface area contributed by atoms with Crippen molar-refractivity contribution in [2.24, 2.45) is 5.10 Å². The molecule has 0 aliphatic carbocycles. The van der Waals surface area contributed by atoms with Crippen LogP contribution >= 0.6 is 11.3 Å². The lowest BCUT2D eigenvalue weighted by Crippen LogP contribution is -2.25. The van der Waals surface area contributed by atoms with Crippen LogP contribution in [0.15, 0.2) is 41.5 Å². The Morgan fingerprint density at radius 2 is 2.04 bits per heavy atom. The molecule has 3 rings (SSSR count). The normalized spacial score (nSPS) is 16.9. The topological polar surface area (TPSA) is 85.0 Å². The van der Waals surface area contributed by atoms with Crippen LogP contribution in [-0.2, 0) is 9.53 Å². The Balaban J connectivity index is 1.91. The zero-order chi connectivity index (χ0) is 16.6. The zero-order valence-corrected chi connectivity index (χ0v) is 12.6. The van der Waals surface area contributed by atoms with Gasteiger partial charge < -0.3 is 4.74 Å². The quantitative estimate of drug-likeness (QED) is 0.637. The molecule has 1 aromatic carbocycles. The number of rotatable bonds is 3. The summed E-state index contributed by atoms with van der Waals surface area (Å²) in [6.45, 7) is 1.32. The van der Waals surface area contributed by atoms with Gasteiger partial charge in [-0.2, -0.15) is 5.01 Å². The first-order valence-electron chi connectivity index (χ1n) is 6.51. The number of hydrogen-bond donors (Lipinski definition) is 0. The molecule has 2 heterocycles. The highest BCUT2D eigenvalue weighted by molar-refractivity contribution is 7.17. The van der Waals surface area contributed by atoms with Crippen molar-refractivity contribution in [3.63, 3.8) is 0 Å². The summed E-state index contributed by atoms with van der Waals surface area (Å²) in [6, 6.07) is 8.34. The number of halogens is 1. The molecule has 1 atom stereocenters. The van der Waals surface area contributed by atoms with Crippen LogP contribution in [0.3, 0.4) is 0 Å². The molecule has 0 radical (unpaired) electrons. The predicted octanol–water partition coefficient (Wildman–Crippen LogP) is 3.03. The van der Waals surface area contributed by atoms with Crippen molar-refractivity contribution in [2.75, 3.05) is 0 Å². The molecule has 0 spiro atoms. The molecule has 1 aliphatic heterocycles. The van der Waals surface area contributed by atoms with Crippen molar-refractivity contribution in [2.45, 2.75) is 13.2 Å². The number of carbonyl (C=O) groups is 1. The maximum atomic E-state index is 13.0.